The molecule has 12 heteroatoms. The van der Waals surface area contributed by atoms with Gasteiger partial charge >= 0.3 is 5.63 Å². The normalized spacial score (nSPS) is 17.7. The fraction of sp³-hybridized carbons (Fsp3) is 0.433. The summed E-state index contributed by atoms with van der Waals surface area (Å²) in [4.78, 5) is 35.3. The Morgan fingerprint density at radius 2 is 1.81 bits per heavy atom. The lowest BCUT2D eigenvalue weighted by atomic mass is 9.91. The van der Waals surface area contributed by atoms with Crippen LogP contribution in [0.15, 0.2) is 45.9 Å². The van der Waals surface area contributed by atoms with Gasteiger partial charge in [0.05, 0.1) is 10.8 Å². The summed E-state index contributed by atoms with van der Waals surface area (Å²) in [7, 11) is 0. The highest BCUT2D eigenvalue weighted by atomic mass is 127. The van der Waals surface area contributed by atoms with E-state index in [1.54, 1.807) is 4.68 Å². The third-order valence-corrected chi connectivity index (χ3v) is 9.15. The van der Waals surface area contributed by atoms with Crippen LogP contribution in [-0.4, -0.2) is 79.4 Å². The van der Waals surface area contributed by atoms with Crippen LogP contribution in [0, 0.1) is 3.70 Å². The summed E-state index contributed by atoms with van der Waals surface area (Å²) in [5.41, 5.74) is 8.64. The molecule has 0 saturated carbocycles. The van der Waals surface area contributed by atoms with Crippen molar-refractivity contribution in [2.24, 2.45) is 0 Å². The SMILES string of the molecule is CC(C)N1CCC(N2CC=C(c3c(C(C)n4nc(I)c5c(N)ncnc54)oc(=O)c4ccccc34)CC2)CC1.O=CO. The molecule has 0 spiro atoms. The van der Waals surface area contributed by atoms with E-state index in [1.165, 1.54) is 24.7 Å². The molecule has 1 saturated heterocycles. The van der Waals surface area contributed by atoms with Crippen LogP contribution < -0.4 is 11.4 Å². The Morgan fingerprint density at radius 3 is 2.45 bits per heavy atom. The molecule has 5 heterocycles. The van der Waals surface area contributed by atoms with Gasteiger partial charge in [0.2, 0.25) is 0 Å². The maximum Gasteiger partial charge on any atom is 0.343 e. The number of nitrogens with zero attached hydrogens (tertiary/aromatic N) is 6. The van der Waals surface area contributed by atoms with Gasteiger partial charge in [-0.3, -0.25) is 9.69 Å². The van der Waals surface area contributed by atoms with Crippen LogP contribution in [0.3, 0.4) is 0 Å². The highest BCUT2D eigenvalue weighted by Gasteiger charge is 2.30. The van der Waals surface area contributed by atoms with Crippen molar-refractivity contribution < 1.29 is 14.3 Å². The number of fused-ring (bicyclic) bond motifs is 2. The molecule has 222 valence electrons. The second kappa shape index (κ2) is 12.9. The summed E-state index contributed by atoms with van der Waals surface area (Å²) in [5.74, 6) is 0.985. The number of rotatable bonds is 5. The lowest BCUT2D eigenvalue weighted by molar-refractivity contribution is -0.122. The third-order valence-electron chi connectivity index (χ3n) is 8.39. The monoisotopic (exact) mass is 685 g/mol. The molecule has 3 aromatic heterocycles. The molecule has 0 amide bonds. The van der Waals surface area contributed by atoms with E-state index in [2.05, 4.69) is 62.3 Å². The van der Waals surface area contributed by atoms with E-state index in [0.717, 1.165) is 43.5 Å². The van der Waals surface area contributed by atoms with Gasteiger partial charge in [0.15, 0.2) is 5.65 Å². The quantitative estimate of drug-likeness (QED) is 0.229. The maximum atomic E-state index is 13.2. The molecular weight excluding hydrogens is 649 g/mol. The van der Waals surface area contributed by atoms with Gasteiger partial charge in [0, 0.05) is 30.7 Å². The molecule has 0 radical (unpaired) electrons. The fourth-order valence-corrected chi connectivity index (χ4v) is 6.94. The zero-order chi connectivity index (χ0) is 30.0. The topological polar surface area (TPSA) is 144 Å². The molecule has 2 aliphatic rings. The van der Waals surface area contributed by atoms with Crippen LogP contribution in [0.25, 0.3) is 27.4 Å². The Hall–Kier alpha value is -3.36. The van der Waals surface area contributed by atoms with E-state index in [9.17, 15) is 4.79 Å². The van der Waals surface area contributed by atoms with Gasteiger partial charge in [-0.15, -0.1) is 0 Å². The Labute approximate surface area is 257 Å². The summed E-state index contributed by atoms with van der Waals surface area (Å²) in [6.45, 7) is 10.5. The second-order valence-electron chi connectivity index (χ2n) is 11.0. The Bertz CT molecular complexity index is 1670. The first-order chi connectivity index (χ1) is 20.2. The number of carboxylic acid groups (broad SMARTS) is 1. The van der Waals surface area contributed by atoms with Crippen molar-refractivity contribution in [1.29, 1.82) is 0 Å². The minimum Gasteiger partial charge on any atom is -0.483 e. The summed E-state index contributed by atoms with van der Waals surface area (Å²) >= 11 is 2.15. The number of carbonyl (C=O) groups is 1. The Balaban J connectivity index is 0.00000113. The molecule has 4 aromatic rings. The van der Waals surface area contributed by atoms with Gasteiger partial charge in [-0.05, 0) is 92.7 Å². The smallest absolute Gasteiger partial charge is 0.343 e. The van der Waals surface area contributed by atoms with Crippen molar-refractivity contribution in [3.63, 3.8) is 0 Å². The molecular formula is C30H36IN7O4. The first kappa shape index (κ1) is 30.1. The molecule has 42 heavy (non-hydrogen) atoms. The summed E-state index contributed by atoms with van der Waals surface area (Å²) in [5, 5.41) is 13.9. The van der Waals surface area contributed by atoms with E-state index < -0.39 is 0 Å². The number of hydrogen-bond donors (Lipinski definition) is 2. The van der Waals surface area contributed by atoms with Gasteiger partial charge in [-0.2, -0.15) is 5.10 Å². The predicted molar refractivity (Wildman–Crippen MR) is 171 cm³/mol. The number of benzene rings is 1. The molecule has 1 fully saturated rings. The molecule has 0 aliphatic carbocycles. The molecule has 6 rings (SSSR count). The number of piperidine rings is 1. The van der Waals surface area contributed by atoms with Crippen molar-refractivity contribution in [3.8, 4) is 0 Å². The molecule has 2 aliphatic heterocycles. The second-order valence-corrected chi connectivity index (χ2v) is 12.0. The van der Waals surface area contributed by atoms with Gasteiger partial charge in [0.1, 0.15) is 27.6 Å². The average molecular weight is 686 g/mol. The van der Waals surface area contributed by atoms with E-state index in [1.807, 2.05) is 31.2 Å². The average Bonchev–Trinajstić information content (AvgIpc) is 3.34. The van der Waals surface area contributed by atoms with Gasteiger partial charge < -0.3 is 20.2 Å². The summed E-state index contributed by atoms with van der Waals surface area (Å²) in [6, 6.07) is 8.59. The Kier molecular flexibility index (Phi) is 9.23. The zero-order valence-corrected chi connectivity index (χ0v) is 26.2. The van der Waals surface area contributed by atoms with Gasteiger partial charge in [0.25, 0.3) is 6.47 Å². The van der Waals surface area contributed by atoms with Crippen LogP contribution in [0.5, 0.6) is 0 Å². The molecule has 3 N–H and O–H groups in total. The van der Waals surface area contributed by atoms with Crippen molar-refractivity contribution in [3.05, 3.63) is 62.1 Å². The van der Waals surface area contributed by atoms with Gasteiger partial charge in [-0.25, -0.2) is 19.4 Å². The number of anilines is 1. The number of hydrogen-bond acceptors (Lipinski definition) is 9. The van der Waals surface area contributed by atoms with E-state index >= 15 is 0 Å². The maximum absolute atomic E-state index is 13.2. The molecule has 1 atom stereocenters. The third kappa shape index (κ3) is 5.79. The standard InChI is InChI=1S/C29H34IN7O2.CH2O2/c1-17(2)35-14-10-20(11-15-35)36-12-8-19(9-13-36)23-21-6-4-5-7-22(21)29(38)39-25(23)18(3)37-28-24(26(30)34-37)27(31)32-16-33-28;2-1-3/h4-8,16-18,20H,9-15H2,1-3H3,(H2,31,32,33);1H,(H,2,3). The minimum atomic E-state index is -0.378. The Morgan fingerprint density at radius 1 is 1.12 bits per heavy atom. The lowest BCUT2D eigenvalue weighted by Crippen LogP contribution is -2.47. The van der Waals surface area contributed by atoms with Crippen LogP contribution in [0.1, 0.15) is 57.4 Å². The van der Waals surface area contributed by atoms with Crippen molar-refractivity contribution in [2.75, 3.05) is 31.9 Å². The van der Waals surface area contributed by atoms with E-state index in [-0.39, 0.29) is 18.1 Å². The lowest BCUT2D eigenvalue weighted by Gasteiger charge is -2.41. The number of nitrogens with two attached hydrogens (primary N) is 1. The highest BCUT2D eigenvalue weighted by molar-refractivity contribution is 14.1. The summed E-state index contributed by atoms with van der Waals surface area (Å²) < 4.78 is 8.61. The largest absolute Gasteiger partial charge is 0.483 e. The molecule has 11 nitrogen and oxygen atoms in total. The van der Waals surface area contributed by atoms with E-state index in [0.29, 0.717) is 43.8 Å². The van der Waals surface area contributed by atoms with Crippen molar-refractivity contribution in [1.82, 2.24) is 29.5 Å². The molecule has 1 unspecified atom stereocenters. The number of halogens is 1. The van der Waals surface area contributed by atoms with Crippen molar-refractivity contribution >= 4 is 62.3 Å². The molecule has 0 bridgehead atoms. The van der Waals surface area contributed by atoms with Crippen LogP contribution in [0.2, 0.25) is 0 Å². The summed E-state index contributed by atoms with van der Waals surface area (Å²) in [6.07, 6.45) is 7.10. The number of aromatic nitrogens is 4. The first-order valence-corrected chi connectivity index (χ1v) is 15.3. The predicted octanol–water partition coefficient (Wildman–Crippen LogP) is 4.39. The van der Waals surface area contributed by atoms with Crippen LogP contribution in [-0.2, 0) is 4.79 Å². The molecule has 1 aromatic carbocycles. The minimum absolute atomic E-state index is 0.250. The highest BCUT2D eigenvalue weighted by Crippen LogP contribution is 2.37. The van der Waals surface area contributed by atoms with Crippen molar-refractivity contribution in [2.45, 2.75) is 58.2 Å². The zero-order valence-electron chi connectivity index (χ0n) is 24.0. The van der Waals surface area contributed by atoms with E-state index in [4.69, 9.17) is 25.2 Å². The first-order valence-electron chi connectivity index (χ1n) is 14.2. The fourth-order valence-electron chi connectivity index (χ4n) is 6.19. The number of nitrogen functional groups attached to an aromatic ring is 1. The van der Waals surface area contributed by atoms with Crippen LogP contribution in [0.4, 0.5) is 5.82 Å². The van der Waals surface area contributed by atoms with Crippen LogP contribution >= 0.6 is 22.6 Å². The van der Waals surface area contributed by atoms with Gasteiger partial charge in [-0.1, -0.05) is 24.3 Å². The number of likely N-dealkylation sites (tertiary alicyclic amines) is 1.